The smallest absolute Gasteiger partial charge is 0.127 e. The summed E-state index contributed by atoms with van der Waals surface area (Å²) in [5, 5.41) is 0.408. The van der Waals surface area contributed by atoms with E-state index in [4.69, 9.17) is 22.2 Å². The Morgan fingerprint density at radius 1 is 1.44 bits per heavy atom. The monoisotopic (exact) mass is 274 g/mol. The maximum atomic E-state index is 13.6. The highest BCUT2D eigenvalue weighted by Gasteiger charge is 2.17. The van der Waals surface area contributed by atoms with Crippen molar-refractivity contribution in [1.82, 2.24) is 5.43 Å². The minimum absolute atomic E-state index is 0.182. The van der Waals surface area contributed by atoms with Gasteiger partial charge in [-0.25, -0.2) is 4.39 Å². The number of hydrogen-bond acceptors (Lipinski definition) is 3. The average molecular weight is 275 g/mol. The van der Waals surface area contributed by atoms with Gasteiger partial charge in [0.1, 0.15) is 5.82 Å². The molecular weight excluding hydrogens is 255 g/mol. The lowest BCUT2D eigenvalue weighted by atomic mass is 10.1. The zero-order valence-corrected chi connectivity index (χ0v) is 11.7. The van der Waals surface area contributed by atoms with Gasteiger partial charge in [-0.3, -0.25) is 11.3 Å². The van der Waals surface area contributed by atoms with E-state index in [2.05, 4.69) is 5.43 Å². The maximum Gasteiger partial charge on any atom is 0.127 e. The molecule has 0 aliphatic heterocycles. The molecule has 1 aromatic carbocycles. The second-order valence-electron chi connectivity index (χ2n) is 5.19. The van der Waals surface area contributed by atoms with Crippen molar-refractivity contribution in [2.24, 2.45) is 5.84 Å². The number of ether oxygens (including phenoxy) is 1. The van der Waals surface area contributed by atoms with Crippen molar-refractivity contribution in [1.29, 1.82) is 0 Å². The van der Waals surface area contributed by atoms with Crippen molar-refractivity contribution in [2.75, 3.05) is 6.61 Å². The minimum atomic E-state index is -0.321. The van der Waals surface area contributed by atoms with Crippen molar-refractivity contribution >= 4 is 11.6 Å². The molecule has 0 amide bonds. The molecule has 0 radical (unpaired) electrons. The number of nitrogens with one attached hydrogen (secondary N) is 1. The Kier molecular flexibility index (Phi) is 5.53. The Morgan fingerprint density at radius 2 is 2.11 bits per heavy atom. The van der Waals surface area contributed by atoms with Crippen molar-refractivity contribution < 1.29 is 9.13 Å². The molecule has 0 saturated heterocycles. The molecule has 3 N–H and O–H groups in total. The topological polar surface area (TPSA) is 47.3 Å². The Balaban J connectivity index is 2.68. The van der Waals surface area contributed by atoms with Crippen LogP contribution < -0.4 is 11.3 Å². The standard InChI is InChI=1S/C13H20ClFN2O/c1-13(2,3)18-8-9(17-16)7-10-11(14)5-4-6-12(10)15/h4-6,9,17H,7-8,16H2,1-3H3. The summed E-state index contributed by atoms with van der Waals surface area (Å²) in [7, 11) is 0. The van der Waals surface area contributed by atoms with Crippen LogP contribution in [-0.2, 0) is 11.2 Å². The van der Waals surface area contributed by atoms with Gasteiger partial charge in [0.25, 0.3) is 0 Å². The zero-order chi connectivity index (χ0) is 13.8. The first-order valence-corrected chi connectivity index (χ1v) is 6.24. The first kappa shape index (κ1) is 15.4. The van der Waals surface area contributed by atoms with E-state index in [0.29, 0.717) is 23.6 Å². The third-order valence-corrected chi connectivity index (χ3v) is 2.82. The van der Waals surface area contributed by atoms with E-state index in [1.807, 2.05) is 20.8 Å². The Morgan fingerprint density at radius 3 is 2.61 bits per heavy atom. The molecule has 1 rings (SSSR count). The normalized spacial score (nSPS) is 13.7. The van der Waals surface area contributed by atoms with Gasteiger partial charge in [-0.2, -0.15) is 0 Å². The predicted molar refractivity (Wildman–Crippen MR) is 71.9 cm³/mol. The highest BCUT2D eigenvalue weighted by molar-refractivity contribution is 6.31. The molecule has 0 bridgehead atoms. The lowest BCUT2D eigenvalue weighted by Crippen LogP contribution is -2.42. The largest absolute Gasteiger partial charge is 0.374 e. The number of nitrogens with two attached hydrogens (primary N) is 1. The molecule has 5 heteroatoms. The Bertz CT molecular complexity index is 373. The summed E-state index contributed by atoms with van der Waals surface area (Å²) in [5.74, 6) is 5.13. The summed E-state index contributed by atoms with van der Waals surface area (Å²) < 4.78 is 19.3. The molecule has 0 fully saturated rings. The zero-order valence-electron chi connectivity index (χ0n) is 11.0. The second-order valence-corrected chi connectivity index (χ2v) is 5.60. The van der Waals surface area contributed by atoms with Gasteiger partial charge in [-0.1, -0.05) is 17.7 Å². The molecule has 0 saturated carbocycles. The molecule has 102 valence electrons. The van der Waals surface area contributed by atoms with Gasteiger partial charge in [0, 0.05) is 16.6 Å². The minimum Gasteiger partial charge on any atom is -0.374 e. The first-order chi connectivity index (χ1) is 8.33. The van der Waals surface area contributed by atoms with Gasteiger partial charge >= 0.3 is 0 Å². The number of benzene rings is 1. The lowest BCUT2D eigenvalue weighted by molar-refractivity contribution is -0.0144. The number of hydrogen-bond donors (Lipinski definition) is 2. The maximum absolute atomic E-state index is 13.6. The van der Waals surface area contributed by atoms with Crippen molar-refractivity contribution in [2.45, 2.75) is 38.8 Å². The van der Waals surface area contributed by atoms with E-state index in [0.717, 1.165) is 0 Å². The molecule has 3 nitrogen and oxygen atoms in total. The SMILES string of the molecule is CC(C)(C)OCC(Cc1c(F)cccc1Cl)NN. The summed E-state index contributed by atoms with van der Waals surface area (Å²) >= 11 is 5.97. The van der Waals surface area contributed by atoms with E-state index in [9.17, 15) is 4.39 Å². The van der Waals surface area contributed by atoms with Crippen molar-refractivity contribution in [3.8, 4) is 0 Å². The molecule has 0 spiro atoms. The van der Waals surface area contributed by atoms with Crippen LogP contribution in [0.1, 0.15) is 26.3 Å². The third kappa shape index (κ3) is 4.90. The second kappa shape index (κ2) is 6.48. The van der Waals surface area contributed by atoms with Crippen LogP contribution in [0.15, 0.2) is 18.2 Å². The van der Waals surface area contributed by atoms with Crippen LogP contribution >= 0.6 is 11.6 Å². The lowest BCUT2D eigenvalue weighted by Gasteiger charge is -2.24. The van der Waals surface area contributed by atoms with Crippen LogP contribution in [0, 0.1) is 5.82 Å². The van der Waals surface area contributed by atoms with Crippen LogP contribution in [0.25, 0.3) is 0 Å². The highest BCUT2D eigenvalue weighted by Crippen LogP contribution is 2.21. The van der Waals surface area contributed by atoms with Crippen LogP contribution in [0.4, 0.5) is 4.39 Å². The van der Waals surface area contributed by atoms with Gasteiger partial charge in [-0.15, -0.1) is 0 Å². The third-order valence-electron chi connectivity index (χ3n) is 2.47. The quantitative estimate of drug-likeness (QED) is 0.641. The number of hydrazine groups is 1. The predicted octanol–water partition coefficient (Wildman–Crippen LogP) is 2.67. The van der Waals surface area contributed by atoms with Crippen LogP contribution in [0.2, 0.25) is 5.02 Å². The first-order valence-electron chi connectivity index (χ1n) is 5.86. The molecule has 0 aliphatic rings. The van der Waals surface area contributed by atoms with Crippen LogP contribution in [0.3, 0.4) is 0 Å². The fraction of sp³-hybridized carbons (Fsp3) is 0.538. The highest BCUT2D eigenvalue weighted by atomic mass is 35.5. The van der Waals surface area contributed by atoms with Crippen LogP contribution in [0.5, 0.6) is 0 Å². The van der Waals surface area contributed by atoms with E-state index < -0.39 is 0 Å². The molecule has 1 atom stereocenters. The van der Waals surface area contributed by atoms with Crippen molar-refractivity contribution in [3.63, 3.8) is 0 Å². The molecule has 0 heterocycles. The summed E-state index contributed by atoms with van der Waals surface area (Å²) in [4.78, 5) is 0. The van der Waals surface area contributed by atoms with E-state index in [1.165, 1.54) is 6.07 Å². The molecule has 0 aromatic heterocycles. The number of halogens is 2. The average Bonchev–Trinajstić information content (AvgIpc) is 2.26. The fourth-order valence-electron chi connectivity index (χ4n) is 1.49. The number of rotatable bonds is 5. The summed E-state index contributed by atoms with van der Waals surface area (Å²) in [6.45, 7) is 6.26. The molecular formula is C13H20ClFN2O. The molecule has 1 aromatic rings. The molecule has 1 unspecified atom stereocenters. The fourth-order valence-corrected chi connectivity index (χ4v) is 1.73. The van der Waals surface area contributed by atoms with E-state index >= 15 is 0 Å². The molecule has 18 heavy (non-hydrogen) atoms. The van der Waals surface area contributed by atoms with Gasteiger partial charge in [0.2, 0.25) is 0 Å². The Hall–Kier alpha value is -0.680. The van der Waals surface area contributed by atoms with Gasteiger partial charge in [0.15, 0.2) is 0 Å². The summed E-state index contributed by atoms with van der Waals surface area (Å²) in [6.07, 6.45) is 0.387. The molecule has 0 aliphatic carbocycles. The van der Waals surface area contributed by atoms with E-state index in [1.54, 1.807) is 12.1 Å². The summed E-state index contributed by atoms with van der Waals surface area (Å²) in [5.41, 5.74) is 2.83. The van der Waals surface area contributed by atoms with Gasteiger partial charge in [0.05, 0.1) is 12.2 Å². The van der Waals surface area contributed by atoms with Gasteiger partial charge < -0.3 is 4.74 Å². The van der Waals surface area contributed by atoms with E-state index in [-0.39, 0.29) is 17.5 Å². The Labute approximate surface area is 112 Å². The van der Waals surface area contributed by atoms with Gasteiger partial charge in [-0.05, 0) is 39.3 Å². The van der Waals surface area contributed by atoms with Crippen LogP contribution in [-0.4, -0.2) is 18.2 Å². The summed E-state index contributed by atoms with van der Waals surface area (Å²) in [6, 6.07) is 4.45. The van der Waals surface area contributed by atoms with Crippen molar-refractivity contribution in [3.05, 3.63) is 34.6 Å².